The summed E-state index contributed by atoms with van der Waals surface area (Å²) < 4.78 is 32.5. The summed E-state index contributed by atoms with van der Waals surface area (Å²) in [5.74, 6) is -1.82. The second-order valence-electron chi connectivity index (χ2n) is 5.37. The molecule has 126 valence electrons. The maximum atomic E-state index is 13.9. The zero-order valence-electron chi connectivity index (χ0n) is 13.0. The van der Waals surface area contributed by atoms with Crippen LogP contribution in [0.5, 0.6) is 0 Å². The minimum atomic E-state index is -0.757. The molecule has 6 nitrogen and oxygen atoms in total. The van der Waals surface area contributed by atoms with Crippen molar-refractivity contribution in [2.45, 2.75) is 0 Å². The van der Waals surface area contributed by atoms with Gasteiger partial charge in [-0.1, -0.05) is 16.5 Å². The van der Waals surface area contributed by atoms with Gasteiger partial charge in [0.05, 0.1) is 10.9 Å². The number of halogens is 2. The Balaban J connectivity index is 2.01. The average molecular weight is 352 g/mol. The Morgan fingerprint density at radius 3 is 2.75 bits per heavy atom. The first-order valence-electron chi connectivity index (χ1n) is 7.08. The van der Waals surface area contributed by atoms with Crippen molar-refractivity contribution >= 4 is 32.6 Å². The van der Waals surface area contributed by atoms with E-state index in [1.807, 2.05) is 19.0 Å². The molecule has 24 heavy (non-hydrogen) atoms. The number of likely N-dealkylation sites (N-methyl/N-ethyl adjacent to an activating group) is 1. The lowest BCUT2D eigenvalue weighted by atomic mass is 10.3. The SMILES string of the molecule is CN(C)CCN(C(=O)c1ccno1)c1nc2c(F)cc(F)cc2s1. The number of hydrogen-bond acceptors (Lipinski definition) is 6. The van der Waals surface area contributed by atoms with Crippen molar-refractivity contribution in [3.8, 4) is 0 Å². The van der Waals surface area contributed by atoms with E-state index in [1.165, 1.54) is 23.2 Å². The smallest absolute Gasteiger partial charge is 0.298 e. The number of rotatable bonds is 5. The lowest BCUT2D eigenvalue weighted by Crippen LogP contribution is -2.36. The topological polar surface area (TPSA) is 62.5 Å². The molecule has 1 amide bonds. The normalized spacial score (nSPS) is 11.4. The number of carbonyl (C=O) groups is 1. The van der Waals surface area contributed by atoms with Gasteiger partial charge in [-0.3, -0.25) is 9.69 Å². The number of anilines is 1. The highest BCUT2D eigenvalue weighted by Gasteiger charge is 2.24. The van der Waals surface area contributed by atoms with Crippen molar-refractivity contribution in [1.29, 1.82) is 0 Å². The Morgan fingerprint density at radius 2 is 2.08 bits per heavy atom. The molecule has 0 aliphatic heterocycles. The fourth-order valence-corrected chi connectivity index (χ4v) is 3.13. The van der Waals surface area contributed by atoms with Crippen LogP contribution in [0.25, 0.3) is 10.2 Å². The summed E-state index contributed by atoms with van der Waals surface area (Å²) >= 11 is 1.04. The van der Waals surface area contributed by atoms with Crippen LogP contribution < -0.4 is 4.90 Å². The monoisotopic (exact) mass is 352 g/mol. The quantitative estimate of drug-likeness (QED) is 0.707. The van der Waals surface area contributed by atoms with Crippen LogP contribution in [0.15, 0.2) is 28.9 Å². The highest BCUT2D eigenvalue weighted by Crippen LogP contribution is 2.31. The van der Waals surface area contributed by atoms with E-state index in [-0.39, 0.29) is 16.4 Å². The van der Waals surface area contributed by atoms with Crippen LogP contribution in [0, 0.1) is 11.6 Å². The van der Waals surface area contributed by atoms with Gasteiger partial charge in [0.1, 0.15) is 11.3 Å². The third kappa shape index (κ3) is 3.26. The van der Waals surface area contributed by atoms with Gasteiger partial charge < -0.3 is 9.42 Å². The minimum Gasteiger partial charge on any atom is -0.351 e. The van der Waals surface area contributed by atoms with Crippen molar-refractivity contribution in [3.05, 3.63) is 41.8 Å². The second-order valence-corrected chi connectivity index (χ2v) is 6.38. The minimum absolute atomic E-state index is 0.0385. The summed E-state index contributed by atoms with van der Waals surface area (Å²) in [7, 11) is 3.73. The lowest BCUT2D eigenvalue weighted by Gasteiger charge is -2.20. The van der Waals surface area contributed by atoms with Crippen LogP contribution in [0.2, 0.25) is 0 Å². The molecule has 3 rings (SSSR count). The van der Waals surface area contributed by atoms with Gasteiger partial charge in [0, 0.05) is 25.2 Å². The number of benzene rings is 1. The van der Waals surface area contributed by atoms with E-state index in [4.69, 9.17) is 4.52 Å². The Hall–Kier alpha value is -2.39. The van der Waals surface area contributed by atoms with Crippen LogP contribution in [0.3, 0.4) is 0 Å². The summed E-state index contributed by atoms with van der Waals surface area (Å²) in [4.78, 5) is 20.1. The number of thiazole rings is 1. The van der Waals surface area contributed by atoms with Crippen LogP contribution in [0.4, 0.5) is 13.9 Å². The number of aromatic nitrogens is 2. The molecular formula is C15H14F2N4O2S. The third-order valence-corrected chi connectivity index (χ3v) is 4.32. The summed E-state index contributed by atoms with van der Waals surface area (Å²) in [6.45, 7) is 0.878. The van der Waals surface area contributed by atoms with Crippen molar-refractivity contribution < 1.29 is 18.1 Å². The second kappa shape index (κ2) is 6.62. The summed E-state index contributed by atoms with van der Waals surface area (Å²) in [6, 6.07) is 3.41. The molecule has 0 fully saturated rings. The highest BCUT2D eigenvalue weighted by atomic mass is 32.1. The molecule has 0 N–H and O–H groups in total. The van der Waals surface area contributed by atoms with Crippen molar-refractivity contribution in [1.82, 2.24) is 15.0 Å². The summed E-state index contributed by atoms with van der Waals surface area (Å²) in [5, 5.41) is 3.80. The van der Waals surface area contributed by atoms with Gasteiger partial charge in [-0.2, -0.15) is 0 Å². The number of carbonyl (C=O) groups excluding carboxylic acids is 1. The molecule has 1 aromatic carbocycles. The molecule has 9 heteroatoms. The molecule has 0 aliphatic carbocycles. The predicted octanol–water partition coefficient (Wildman–Crippen LogP) is 2.77. The Kier molecular flexibility index (Phi) is 4.54. The van der Waals surface area contributed by atoms with Gasteiger partial charge in [-0.15, -0.1) is 0 Å². The van der Waals surface area contributed by atoms with Crippen molar-refractivity contribution in [2.24, 2.45) is 0 Å². The predicted molar refractivity (Wildman–Crippen MR) is 86.3 cm³/mol. The first-order chi connectivity index (χ1) is 11.5. The van der Waals surface area contributed by atoms with E-state index in [9.17, 15) is 13.6 Å². The molecule has 0 unspecified atom stereocenters. The lowest BCUT2D eigenvalue weighted by molar-refractivity contribution is 0.0949. The Bertz CT molecular complexity index is 864. The largest absolute Gasteiger partial charge is 0.351 e. The van der Waals surface area contributed by atoms with Gasteiger partial charge in [-0.05, 0) is 20.2 Å². The highest BCUT2D eigenvalue weighted by molar-refractivity contribution is 7.22. The summed E-state index contributed by atoms with van der Waals surface area (Å²) in [6.07, 6.45) is 1.37. The van der Waals surface area contributed by atoms with E-state index < -0.39 is 17.5 Å². The maximum absolute atomic E-state index is 13.9. The third-order valence-electron chi connectivity index (χ3n) is 3.30. The molecule has 0 radical (unpaired) electrons. The van der Waals surface area contributed by atoms with E-state index in [0.29, 0.717) is 17.8 Å². The fraction of sp³-hybridized carbons (Fsp3) is 0.267. The van der Waals surface area contributed by atoms with Crippen molar-refractivity contribution in [2.75, 3.05) is 32.1 Å². The van der Waals surface area contributed by atoms with E-state index in [2.05, 4.69) is 10.1 Å². The number of fused-ring (bicyclic) bond motifs is 1. The molecule has 0 bridgehead atoms. The molecule has 2 aromatic heterocycles. The van der Waals surface area contributed by atoms with Gasteiger partial charge in [0.2, 0.25) is 5.76 Å². The van der Waals surface area contributed by atoms with Gasteiger partial charge >= 0.3 is 0 Å². The molecular weight excluding hydrogens is 338 g/mol. The van der Waals surface area contributed by atoms with E-state index in [0.717, 1.165) is 17.4 Å². The van der Waals surface area contributed by atoms with Crippen LogP contribution in [-0.4, -0.2) is 48.1 Å². The van der Waals surface area contributed by atoms with Crippen molar-refractivity contribution in [3.63, 3.8) is 0 Å². The molecule has 0 spiro atoms. The van der Waals surface area contributed by atoms with Crippen LogP contribution in [0.1, 0.15) is 10.6 Å². The molecule has 3 aromatic rings. The first kappa shape index (κ1) is 16.5. The maximum Gasteiger partial charge on any atom is 0.298 e. The van der Waals surface area contributed by atoms with Crippen LogP contribution >= 0.6 is 11.3 Å². The van der Waals surface area contributed by atoms with E-state index in [1.54, 1.807) is 0 Å². The first-order valence-corrected chi connectivity index (χ1v) is 7.90. The molecule has 0 saturated heterocycles. The van der Waals surface area contributed by atoms with Gasteiger partial charge in [0.15, 0.2) is 10.9 Å². The average Bonchev–Trinajstić information content (AvgIpc) is 3.16. The molecule has 0 atom stereocenters. The zero-order valence-corrected chi connectivity index (χ0v) is 13.8. The van der Waals surface area contributed by atoms with Gasteiger partial charge in [-0.25, -0.2) is 13.8 Å². The molecule has 2 heterocycles. The number of nitrogens with zero attached hydrogens (tertiary/aromatic N) is 4. The summed E-state index contributed by atoms with van der Waals surface area (Å²) in [5.41, 5.74) is 0.0385. The molecule has 0 aliphatic rings. The van der Waals surface area contributed by atoms with Crippen LogP contribution in [-0.2, 0) is 0 Å². The standard InChI is InChI=1S/C15H14F2N4O2S/c1-20(2)5-6-21(14(22)11-3-4-18-23-11)15-19-13-10(17)7-9(16)8-12(13)24-15/h3-4,7-8H,5-6H2,1-2H3. The Labute approximate surface area is 140 Å². The van der Waals surface area contributed by atoms with Gasteiger partial charge in [0.25, 0.3) is 5.91 Å². The Morgan fingerprint density at radius 1 is 1.29 bits per heavy atom. The van der Waals surface area contributed by atoms with E-state index >= 15 is 0 Å². The number of amides is 1. The molecule has 0 saturated carbocycles. The zero-order chi connectivity index (χ0) is 17.3. The fourth-order valence-electron chi connectivity index (χ4n) is 2.10. The number of hydrogen-bond donors (Lipinski definition) is 0.